The average Bonchev–Trinajstić information content (AvgIpc) is 2.46. The van der Waals surface area contributed by atoms with E-state index >= 15 is 0 Å². The smallest absolute Gasteiger partial charge is 0.0940 e. The second kappa shape index (κ2) is 6.71. The molecule has 0 unspecified atom stereocenters. The van der Waals surface area contributed by atoms with Crippen LogP contribution in [0.5, 0.6) is 0 Å². The molecule has 2 nitrogen and oxygen atoms in total. The minimum atomic E-state index is -0.506. The molecule has 2 atom stereocenters. The van der Waals surface area contributed by atoms with Crippen LogP contribution in [0.3, 0.4) is 0 Å². The topological polar surface area (TPSA) is 32.3 Å². The van der Waals surface area contributed by atoms with Crippen LogP contribution in [-0.2, 0) is 6.54 Å². The van der Waals surface area contributed by atoms with E-state index in [-0.39, 0.29) is 6.04 Å². The minimum Gasteiger partial charge on any atom is -0.387 e. The molecular formula is C16H18ClNO. The molecule has 2 rings (SSSR count). The van der Waals surface area contributed by atoms with Crippen molar-refractivity contribution in [1.82, 2.24) is 5.32 Å². The summed E-state index contributed by atoms with van der Waals surface area (Å²) in [6, 6.07) is 17.4. The number of hydrogen-bond donors (Lipinski definition) is 2. The normalized spacial score (nSPS) is 14.1. The molecule has 0 aliphatic heterocycles. The standard InChI is InChI=1S/C16H18ClNO/c1-12(16(19)14-5-3-2-4-6-14)18-11-13-7-9-15(17)10-8-13/h2-10,12,16,18-19H,11H2,1H3/t12-,16-/m0/s1. The Bertz CT molecular complexity index is 498. The Labute approximate surface area is 119 Å². The number of halogens is 1. The summed E-state index contributed by atoms with van der Waals surface area (Å²) in [5.41, 5.74) is 2.08. The van der Waals surface area contributed by atoms with Gasteiger partial charge in [0.15, 0.2) is 0 Å². The van der Waals surface area contributed by atoms with Gasteiger partial charge in [0.1, 0.15) is 0 Å². The molecule has 0 bridgehead atoms. The molecule has 2 N–H and O–H groups in total. The van der Waals surface area contributed by atoms with Crippen LogP contribution in [-0.4, -0.2) is 11.1 Å². The molecule has 100 valence electrons. The van der Waals surface area contributed by atoms with Crippen molar-refractivity contribution in [2.45, 2.75) is 25.6 Å². The van der Waals surface area contributed by atoms with Gasteiger partial charge in [0, 0.05) is 17.6 Å². The molecular weight excluding hydrogens is 258 g/mol. The summed E-state index contributed by atoms with van der Waals surface area (Å²) in [4.78, 5) is 0. The number of rotatable bonds is 5. The number of aliphatic hydroxyl groups is 1. The van der Waals surface area contributed by atoms with Crippen molar-refractivity contribution in [1.29, 1.82) is 0 Å². The summed E-state index contributed by atoms with van der Waals surface area (Å²) in [5, 5.41) is 14.3. The van der Waals surface area contributed by atoms with Crippen LogP contribution in [0.15, 0.2) is 54.6 Å². The second-order valence-electron chi connectivity index (χ2n) is 4.65. The van der Waals surface area contributed by atoms with E-state index < -0.39 is 6.10 Å². The molecule has 0 spiro atoms. The van der Waals surface area contributed by atoms with Gasteiger partial charge in [-0.3, -0.25) is 0 Å². The molecule has 0 saturated heterocycles. The van der Waals surface area contributed by atoms with E-state index in [1.165, 1.54) is 0 Å². The fraction of sp³-hybridized carbons (Fsp3) is 0.250. The van der Waals surface area contributed by atoms with Crippen LogP contribution in [0.2, 0.25) is 5.02 Å². The predicted octanol–water partition coefficient (Wildman–Crippen LogP) is 3.55. The molecule has 0 aliphatic carbocycles. The van der Waals surface area contributed by atoms with Gasteiger partial charge >= 0.3 is 0 Å². The van der Waals surface area contributed by atoms with E-state index in [1.807, 2.05) is 61.5 Å². The van der Waals surface area contributed by atoms with E-state index in [0.717, 1.165) is 16.1 Å². The quantitative estimate of drug-likeness (QED) is 0.875. The Hall–Kier alpha value is -1.35. The zero-order chi connectivity index (χ0) is 13.7. The summed E-state index contributed by atoms with van der Waals surface area (Å²) >= 11 is 5.84. The van der Waals surface area contributed by atoms with Crippen molar-refractivity contribution < 1.29 is 5.11 Å². The molecule has 2 aromatic rings. The maximum Gasteiger partial charge on any atom is 0.0940 e. The molecule has 0 saturated carbocycles. The first-order valence-electron chi connectivity index (χ1n) is 6.37. The highest BCUT2D eigenvalue weighted by Crippen LogP contribution is 2.16. The van der Waals surface area contributed by atoms with Gasteiger partial charge in [-0.1, -0.05) is 54.1 Å². The lowest BCUT2D eigenvalue weighted by molar-refractivity contribution is 0.135. The summed E-state index contributed by atoms with van der Waals surface area (Å²) < 4.78 is 0. The van der Waals surface area contributed by atoms with Gasteiger partial charge in [0.2, 0.25) is 0 Å². The summed E-state index contributed by atoms with van der Waals surface area (Å²) in [5.74, 6) is 0. The number of aliphatic hydroxyl groups excluding tert-OH is 1. The van der Waals surface area contributed by atoms with E-state index in [1.54, 1.807) is 0 Å². The zero-order valence-corrected chi connectivity index (χ0v) is 11.6. The Balaban J connectivity index is 1.90. The molecule has 0 aliphatic rings. The largest absolute Gasteiger partial charge is 0.387 e. The van der Waals surface area contributed by atoms with Gasteiger partial charge in [0.05, 0.1) is 6.10 Å². The lowest BCUT2D eigenvalue weighted by Crippen LogP contribution is -2.31. The molecule has 0 aromatic heterocycles. The lowest BCUT2D eigenvalue weighted by atomic mass is 10.0. The van der Waals surface area contributed by atoms with Crippen molar-refractivity contribution >= 4 is 11.6 Å². The Morgan fingerprint density at radius 1 is 1.05 bits per heavy atom. The number of nitrogens with one attached hydrogen (secondary N) is 1. The Kier molecular flexibility index (Phi) is 4.97. The monoisotopic (exact) mass is 275 g/mol. The highest BCUT2D eigenvalue weighted by Gasteiger charge is 2.15. The summed E-state index contributed by atoms with van der Waals surface area (Å²) in [7, 11) is 0. The third kappa shape index (κ3) is 4.06. The average molecular weight is 276 g/mol. The minimum absolute atomic E-state index is 0.0157. The molecule has 3 heteroatoms. The SMILES string of the molecule is C[C@H](NCc1ccc(Cl)cc1)[C@H](O)c1ccccc1. The van der Waals surface area contributed by atoms with Gasteiger partial charge < -0.3 is 10.4 Å². The molecule has 19 heavy (non-hydrogen) atoms. The van der Waals surface area contributed by atoms with Crippen molar-refractivity contribution in [2.75, 3.05) is 0 Å². The van der Waals surface area contributed by atoms with Crippen LogP contribution in [0.1, 0.15) is 24.2 Å². The first-order chi connectivity index (χ1) is 9.16. The number of benzene rings is 2. The third-order valence-electron chi connectivity index (χ3n) is 3.16. The Morgan fingerprint density at radius 2 is 1.68 bits per heavy atom. The van der Waals surface area contributed by atoms with Gasteiger partial charge in [-0.15, -0.1) is 0 Å². The first kappa shape index (κ1) is 14.1. The molecule has 0 amide bonds. The first-order valence-corrected chi connectivity index (χ1v) is 6.75. The number of hydrogen-bond acceptors (Lipinski definition) is 2. The summed E-state index contributed by atoms with van der Waals surface area (Å²) in [6.07, 6.45) is -0.506. The molecule has 2 aromatic carbocycles. The van der Waals surface area contributed by atoms with Crippen LogP contribution in [0, 0.1) is 0 Å². The van der Waals surface area contributed by atoms with E-state index in [4.69, 9.17) is 11.6 Å². The Morgan fingerprint density at radius 3 is 2.32 bits per heavy atom. The molecule has 0 fully saturated rings. The fourth-order valence-corrected chi connectivity index (χ4v) is 2.06. The van der Waals surface area contributed by atoms with Crippen LogP contribution < -0.4 is 5.32 Å². The maximum absolute atomic E-state index is 10.2. The van der Waals surface area contributed by atoms with Crippen LogP contribution >= 0.6 is 11.6 Å². The molecule has 0 radical (unpaired) electrons. The summed E-state index contributed by atoms with van der Waals surface area (Å²) in [6.45, 7) is 2.69. The highest BCUT2D eigenvalue weighted by atomic mass is 35.5. The van der Waals surface area contributed by atoms with Gasteiger partial charge in [-0.2, -0.15) is 0 Å². The lowest BCUT2D eigenvalue weighted by Gasteiger charge is -2.20. The van der Waals surface area contributed by atoms with Crippen LogP contribution in [0.4, 0.5) is 0 Å². The molecule has 0 heterocycles. The van der Waals surface area contributed by atoms with Crippen molar-refractivity contribution in [2.24, 2.45) is 0 Å². The van der Waals surface area contributed by atoms with Crippen LogP contribution in [0.25, 0.3) is 0 Å². The van der Waals surface area contributed by atoms with Crippen molar-refractivity contribution in [3.63, 3.8) is 0 Å². The van der Waals surface area contributed by atoms with Gasteiger partial charge in [-0.25, -0.2) is 0 Å². The fourth-order valence-electron chi connectivity index (χ4n) is 1.93. The van der Waals surface area contributed by atoms with Gasteiger partial charge in [0.25, 0.3) is 0 Å². The van der Waals surface area contributed by atoms with E-state index in [2.05, 4.69) is 5.32 Å². The van der Waals surface area contributed by atoms with Crippen molar-refractivity contribution in [3.8, 4) is 0 Å². The van der Waals surface area contributed by atoms with Crippen molar-refractivity contribution in [3.05, 3.63) is 70.7 Å². The van der Waals surface area contributed by atoms with E-state index in [0.29, 0.717) is 6.54 Å². The zero-order valence-electron chi connectivity index (χ0n) is 10.9. The predicted molar refractivity (Wildman–Crippen MR) is 79.2 cm³/mol. The van der Waals surface area contributed by atoms with Gasteiger partial charge in [-0.05, 0) is 30.2 Å². The highest BCUT2D eigenvalue weighted by molar-refractivity contribution is 6.30. The third-order valence-corrected chi connectivity index (χ3v) is 3.41. The second-order valence-corrected chi connectivity index (χ2v) is 5.09. The van der Waals surface area contributed by atoms with E-state index in [9.17, 15) is 5.11 Å². The maximum atomic E-state index is 10.2.